The molecule has 0 aromatic heterocycles. The molecule has 0 saturated carbocycles. The zero-order valence-corrected chi connectivity index (χ0v) is 9.03. The molecule has 0 aliphatic heterocycles. The Bertz CT molecular complexity index is 281. The highest BCUT2D eigenvalue weighted by atomic mass is 16.9. The third kappa shape index (κ3) is 9.05. The molecule has 0 saturated heterocycles. The van der Waals surface area contributed by atoms with E-state index in [1.807, 2.05) is 0 Å². The van der Waals surface area contributed by atoms with Crippen molar-refractivity contribution in [3.05, 3.63) is 10.1 Å². The lowest BCUT2D eigenvalue weighted by molar-refractivity contribution is -0.757. The minimum Gasteiger partial charge on any atom is -0.480 e. The van der Waals surface area contributed by atoms with Gasteiger partial charge in [-0.25, -0.2) is 0 Å². The van der Waals surface area contributed by atoms with Crippen LogP contribution in [0.15, 0.2) is 0 Å². The van der Waals surface area contributed by atoms with Crippen LogP contribution in [-0.4, -0.2) is 41.4 Å². The molecule has 9 nitrogen and oxygen atoms in total. The number of carbonyl (C=O) groups is 2. The van der Waals surface area contributed by atoms with E-state index in [0.29, 0.717) is 12.8 Å². The van der Waals surface area contributed by atoms with Gasteiger partial charge in [0, 0.05) is 0 Å². The minimum atomic E-state index is -1.28. The first-order chi connectivity index (χ1) is 7.93. The van der Waals surface area contributed by atoms with Crippen LogP contribution < -0.4 is 5.73 Å². The lowest BCUT2D eigenvalue weighted by atomic mass is 10.2. The van der Waals surface area contributed by atoms with Gasteiger partial charge in [0.25, 0.3) is 5.09 Å². The fraction of sp³-hybridized carbons (Fsp3) is 0.750. The van der Waals surface area contributed by atoms with E-state index < -0.39 is 29.5 Å². The number of unbranched alkanes of at least 4 members (excludes halogenated alkanes) is 1. The van der Waals surface area contributed by atoms with Crippen LogP contribution in [0, 0.1) is 10.1 Å². The predicted molar refractivity (Wildman–Crippen MR) is 53.4 cm³/mol. The Labute approximate surface area is 96.6 Å². The number of carboxylic acid groups (broad SMARTS) is 1. The van der Waals surface area contributed by atoms with Gasteiger partial charge in [-0.3, -0.25) is 9.59 Å². The van der Waals surface area contributed by atoms with Crippen LogP contribution in [0.25, 0.3) is 0 Å². The molecule has 17 heavy (non-hydrogen) atoms. The van der Waals surface area contributed by atoms with Crippen LogP contribution >= 0.6 is 0 Å². The molecule has 0 aliphatic rings. The lowest BCUT2D eigenvalue weighted by Crippen LogP contribution is -2.33. The molecule has 3 N–H and O–H groups in total. The molecule has 0 aromatic carbocycles. The molecule has 0 aromatic rings. The maximum absolute atomic E-state index is 11.0. The van der Waals surface area contributed by atoms with E-state index in [1.165, 1.54) is 0 Å². The monoisotopic (exact) mass is 250 g/mol. The number of carboxylic acids is 1. The number of carbonyl (C=O) groups excluding carboxylic acids is 1. The molecule has 0 fully saturated rings. The number of hydrogen-bond acceptors (Lipinski definition) is 7. The van der Waals surface area contributed by atoms with Crippen LogP contribution in [0.2, 0.25) is 0 Å². The van der Waals surface area contributed by atoms with E-state index >= 15 is 0 Å². The third-order valence-electron chi connectivity index (χ3n) is 1.70. The van der Waals surface area contributed by atoms with Crippen molar-refractivity contribution < 1.29 is 29.4 Å². The maximum Gasteiger partial charge on any atom is 0.321 e. The van der Waals surface area contributed by atoms with Crippen molar-refractivity contribution in [3.63, 3.8) is 0 Å². The molecule has 0 heterocycles. The van der Waals surface area contributed by atoms with E-state index in [-0.39, 0.29) is 13.2 Å². The Balaban J connectivity index is 3.45. The average Bonchev–Trinajstić information content (AvgIpc) is 2.22. The van der Waals surface area contributed by atoms with Crippen molar-refractivity contribution in [1.82, 2.24) is 0 Å². The summed E-state index contributed by atoms with van der Waals surface area (Å²) in [5.74, 6) is -1.99. The van der Waals surface area contributed by atoms with Gasteiger partial charge in [-0.05, 0) is 12.8 Å². The number of esters is 1. The number of aliphatic carboxylic acids is 1. The Hall–Kier alpha value is -1.90. The normalized spacial score (nSPS) is 11.6. The summed E-state index contributed by atoms with van der Waals surface area (Å²) in [6.45, 7) is -0.0224. The van der Waals surface area contributed by atoms with Crippen LogP contribution in [-0.2, 0) is 19.2 Å². The van der Waals surface area contributed by atoms with Gasteiger partial charge in [0.1, 0.15) is 6.04 Å². The highest BCUT2D eigenvalue weighted by Gasteiger charge is 2.16. The second-order valence-corrected chi connectivity index (χ2v) is 3.13. The predicted octanol–water partition coefficient (Wildman–Crippen LogP) is -0.680. The van der Waals surface area contributed by atoms with Crippen molar-refractivity contribution in [2.24, 2.45) is 5.73 Å². The maximum atomic E-state index is 11.0. The first kappa shape index (κ1) is 15.1. The van der Waals surface area contributed by atoms with E-state index in [0.717, 1.165) is 0 Å². The first-order valence-corrected chi connectivity index (χ1v) is 4.84. The van der Waals surface area contributed by atoms with Crippen molar-refractivity contribution in [2.75, 3.05) is 13.2 Å². The van der Waals surface area contributed by atoms with Crippen molar-refractivity contribution >= 4 is 11.9 Å². The minimum absolute atomic E-state index is 0.0479. The van der Waals surface area contributed by atoms with Crippen molar-refractivity contribution in [1.29, 1.82) is 0 Å². The lowest BCUT2D eigenvalue weighted by Gasteiger charge is -2.06. The van der Waals surface area contributed by atoms with E-state index in [9.17, 15) is 19.7 Å². The Morgan fingerprint density at radius 2 is 1.94 bits per heavy atom. The molecular formula is C8H14N2O7. The summed E-state index contributed by atoms with van der Waals surface area (Å²) in [6, 6.07) is -1.28. The number of hydrogen-bond donors (Lipinski definition) is 2. The Kier molecular flexibility index (Phi) is 7.35. The molecule has 0 rings (SSSR count). The fourth-order valence-electron chi connectivity index (χ4n) is 0.855. The molecule has 1 unspecified atom stereocenters. The van der Waals surface area contributed by atoms with Gasteiger partial charge >= 0.3 is 11.9 Å². The van der Waals surface area contributed by atoms with Crippen LogP contribution in [0.5, 0.6) is 0 Å². The standard InChI is InChI=1S/C8H14N2O7/c9-6(8(12)13)5-7(11)16-3-1-2-4-17-10(14)15/h6H,1-5,9H2,(H,12,13). The van der Waals surface area contributed by atoms with Gasteiger partial charge in [-0.2, -0.15) is 0 Å². The quantitative estimate of drug-likeness (QED) is 0.237. The zero-order valence-electron chi connectivity index (χ0n) is 9.03. The second-order valence-electron chi connectivity index (χ2n) is 3.13. The molecular weight excluding hydrogens is 236 g/mol. The van der Waals surface area contributed by atoms with Crippen molar-refractivity contribution in [3.8, 4) is 0 Å². The Morgan fingerprint density at radius 1 is 1.35 bits per heavy atom. The van der Waals surface area contributed by atoms with Gasteiger partial charge in [0.2, 0.25) is 0 Å². The summed E-state index contributed by atoms with van der Waals surface area (Å²) in [5.41, 5.74) is 5.11. The summed E-state index contributed by atoms with van der Waals surface area (Å²) in [7, 11) is 0. The van der Waals surface area contributed by atoms with Gasteiger partial charge in [0.15, 0.2) is 0 Å². The molecule has 0 radical (unpaired) electrons. The highest BCUT2D eigenvalue weighted by molar-refractivity contribution is 5.81. The van der Waals surface area contributed by atoms with E-state index in [1.54, 1.807) is 0 Å². The fourth-order valence-corrected chi connectivity index (χ4v) is 0.855. The topological polar surface area (TPSA) is 142 Å². The molecule has 0 bridgehead atoms. The van der Waals surface area contributed by atoms with Crippen LogP contribution in [0.4, 0.5) is 0 Å². The SMILES string of the molecule is NC(CC(=O)OCCCCO[N+](=O)[O-])C(=O)O. The summed E-state index contributed by atoms with van der Waals surface area (Å²) in [4.78, 5) is 35.1. The number of ether oxygens (including phenoxy) is 1. The first-order valence-electron chi connectivity index (χ1n) is 4.84. The van der Waals surface area contributed by atoms with Gasteiger partial charge in [-0.15, -0.1) is 10.1 Å². The zero-order chi connectivity index (χ0) is 13.3. The summed E-state index contributed by atoms with van der Waals surface area (Å²) in [6.07, 6.45) is 0.349. The number of rotatable bonds is 9. The second kappa shape index (κ2) is 8.28. The van der Waals surface area contributed by atoms with Crippen molar-refractivity contribution in [2.45, 2.75) is 25.3 Å². The average molecular weight is 250 g/mol. The highest BCUT2D eigenvalue weighted by Crippen LogP contribution is 1.96. The van der Waals surface area contributed by atoms with Gasteiger partial charge < -0.3 is 20.4 Å². The molecule has 1 atom stereocenters. The molecule has 0 amide bonds. The summed E-state index contributed by atoms with van der Waals surface area (Å²) in [5, 5.41) is 17.3. The smallest absolute Gasteiger partial charge is 0.321 e. The van der Waals surface area contributed by atoms with Crippen LogP contribution in [0.3, 0.4) is 0 Å². The Morgan fingerprint density at radius 3 is 2.47 bits per heavy atom. The third-order valence-corrected chi connectivity index (χ3v) is 1.70. The molecule has 9 heteroatoms. The summed E-state index contributed by atoms with van der Waals surface area (Å²) < 4.78 is 4.66. The molecule has 98 valence electrons. The molecule has 0 aliphatic carbocycles. The molecule has 0 spiro atoms. The largest absolute Gasteiger partial charge is 0.480 e. The number of nitrogens with two attached hydrogens (primary N) is 1. The number of nitrogens with zero attached hydrogens (tertiary/aromatic N) is 1. The van der Waals surface area contributed by atoms with Crippen LogP contribution in [0.1, 0.15) is 19.3 Å². The van der Waals surface area contributed by atoms with E-state index in [4.69, 9.17) is 10.8 Å². The van der Waals surface area contributed by atoms with Gasteiger partial charge in [0.05, 0.1) is 19.6 Å². The van der Waals surface area contributed by atoms with E-state index in [2.05, 4.69) is 9.57 Å². The van der Waals surface area contributed by atoms with Gasteiger partial charge in [-0.1, -0.05) is 0 Å². The summed E-state index contributed by atoms with van der Waals surface area (Å²) >= 11 is 0.